The third-order valence-corrected chi connectivity index (χ3v) is 7.59. The monoisotopic (exact) mass is 336 g/mol. The van der Waals surface area contributed by atoms with E-state index in [1.807, 2.05) is 6.08 Å². The van der Waals surface area contributed by atoms with Crippen molar-refractivity contribution in [3.8, 4) is 5.75 Å². The first-order chi connectivity index (χ1) is 9.19. The normalized spacial score (nSPS) is 14.4. The number of benzene rings is 1. The van der Waals surface area contributed by atoms with Crippen molar-refractivity contribution in [3.63, 3.8) is 0 Å². The van der Waals surface area contributed by atoms with Gasteiger partial charge in [-0.3, -0.25) is 4.55 Å². The molecule has 1 atom stereocenters. The van der Waals surface area contributed by atoms with Crippen LogP contribution in [0.3, 0.4) is 0 Å². The van der Waals surface area contributed by atoms with Crippen molar-refractivity contribution in [2.45, 2.75) is 26.7 Å². The Morgan fingerprint density at radius 2 is 1.80 bits per heavy atom. The minimum Gasteiger partial charge on any atom is -0.432 e. The molecular formula is C12H17O5PS2. The van der Waals surface area contributed by atoms with E-state index < -0.39 is 15.4 Å². The highest BCUT2D eigenvalue weighted by atomic mass is 33.0. The Morgan fingerprint density at radius 3 is 2.20 bits per heavy atom. The van der Waals surface area contributed by atoms with Gasteiger partial charge in [-0.2, -0.15) is 8.42 Å². The fraction of sp³-hybridized carbons (Fsp3) is 0.333. The molecule has 0 amide bonds. The second-order valence-corrected chi connectivity index (χ2v) is 11.1. The summed E-state index contributed by atoms with van der Waals surface area (Å²) in [6.45, 7) is 4.14. The van der Waals surface area contributed by atoms with E-state index in [1.165, 1.54) is 17.7 Å². The van der Waals surface area contributed by atoms with Crippen molar-refractivity contribution in [2.75, 3.05) is 0 Å². The molecule has 1 aromatic carbocycles. The molecule has 0 aliphatic heterocycles. The number of hydrogen-bond acceptors (Lipinski definition) is 4. The van der Waals surface area contributed by atoms with Crippen LogP contribution in [0.25, 0.3) is 6.08 Å². The molecule has 0 bridgehead atoms. The minimum atomic E-state index is -4.79. The molecule has 0 spiro atoms. The SMILES string of the molecule is CCC(=Cc1ccc(OP(O)(=S)S(=O)(=O)O)cc1)CC. The number of rotatable bonds is 6. The first-order valence-corrected chi connectivity index (χ1v) is 10.7. The van der Waals surface area contributed by atoms with Crippen molar-refractivity contribution in [1.82, 2.24) is 0 Å². The van der Waals surface area contributed by atoms with Crippen LogP contribution in [0.15, 0.2) is 29.8 Å². The molecule has 20 heavy (non-hydrogen) atoms. The Balaban J connectivity index is 2.94. The second-order valence-electron chi connectivity index (χ2n) is 4.09. The van der Waals surface area contributed by atoms with Crippen molar-refractivity contribution in [1.29, 1.82) is 0 Å². The van der Waals surface area contributed by atoms with Gasteiger partial charge in [-0.15, -0.1) is 0 Å². The predicted molar refractivity (Wildman–Crippen MR) is 83.7 cm³/mol. The van der Waals surface area contributed by atoms with Crippen LogP contribution in [0.4, 0.5) is 0 Å². The Bertz CT molecular complexity index is 628. The summed E-state index contributed by atoms with van der Waals surface area (Å²) in [4.78, 5) is 9.45. The molecule has 5 nitrogen and oxygen atoms in total. The van der Waals surface area contributed by atoms with Gasteiger partial charge in [0.15, 0.2) is 0 Å². The van der Waals surface area contributed by atoms with E-state index in [2.05, 4.69) is 25.7 Å². The zero-order chi connectivity index (χ0) is 15.4. The van der Waals surface area contributed by atoms with E-state index in [1.54, 1.807) is 12.1 Å². The maximum atomic E-state index is 10.9. The van der Waals surface area contributed by atoms with E-state index >= 15 is 0 Å². The van der Waals surface area contributed by atoms with Gasteiger partial charge in [0.1, 0.15) is 5.75 Å². The molecule has 1 rings (SSSR count). The summed E-state index contributed by atoms with van der Waals surface area (Å²) in [5.41, 5.74) is -2.09. The molecule has 1 unspecified atom stereocenters. The highest BCUT2D eigenvalue weighted by Crippen LogP contribution is 2.48. The van der Waals surface area contributed by atoms with Crippen LogP contribution in [0.5, 0.6) is 5.75 Å². The first-order valence-electron chi connectivity index (χ1n) is 5.99. The van der Waals surface area contributed by atoms with Crippen molar-refractivity contribution < 1.29 is 22.4 Å². The maximum absolute atomic E-state index is 10.9. The Kier molecular flexibility index (Phi) is 5.91. The smallest absolute Gasteiger partial charge is 0.381 e. The molecule has 0 aliphatic carbocycles. The molecule has 0 saturated carbocycles. The summed E-state index contributed by atoms with van der Waals surface area (Å²) in [5.74, 6) is 0.0974. The zero-order valence-electron chi connectivity index (χ0n) is 11.2. The number of hydrogen-bond donors (Lipinski definition) is 2. The van der Waals surface area contributed by atoms with Gasteiger partial charge >= 0.3 is 15.4 Å². The molecule has 1 aromatic rings. The fourth-order valence-corrected chi connectivity index (χ4v) is 2.78. The van der Waals surface area contributed by atoms with Crippen molar-refractivity contribution in [2.24, 2.45) is 0 Å². The molecule has 0 aromatic heterocycles. The highest BCUT2D eigenvalue weighted by molar-refractivity contribution is 8.61. The molecule has 2 N–H and O–H groups in total. The van der Waals surface area contributed by atoms with E-state index in [9.17, 15) is 13.3 Å². The van der Waals surface area contributed by atoms with Crippen LogP contribution in [-0.2, 0) is 21.5 Å². The van der Waals surface area contributed by atoms with Crippen LogP contribution in [-0.4, -0.2) is 17.9 Å². The molecule has 112 valence electrons. The van der Waals surface area contributed by atoms with Crippen molar-refractivity contribution >= 4 is 33.3 Å². The minimum absolute atomic E-state index is 0.0974. The second kappa shape index (κ2) is 6.83. The van der Waals surface area contributed by atoms with Crippen LogP contribution < -0.4 is 4.52 Å². The van der Waals surface area contributed by atoms with E-state index in [-0.39, 0.29) is 5.75 Å². The van der Waals surface area contributed by atoms with E-state index in [4.69, 9.17) is 9.08 Å². The molecule has 0 aliphatic rings. The lowest BCUT2D eigenvalue weighted by molar-refractivity contribution is 0.459. The third kappa shape index (κ3) is 4.68. The Labute approximate surface area is 124 Å². The van der Waals surface area contributed by atoms with Gasteiger partial charge in [-0.05, 0) is 42.3 Å². The highest BCUT2D eigenvalue weighted by Gasteiger charge is 2.32. The van der Waals surface area contributed by atoms with Crippen LogP contribution in [0.1, 0.15) is 32.3 Å². The lowest BCUT2D eigenvalue weighted by Gasteiger charge is -2.13. The van der Waals surface area contributed by atoms with Gasteiger partial charge in [0.05, 0.1) is 0 Å². The maximum Gasteiger partial charge on any atom is 0.381 e. The van der Waals surface area contributed by atoms with Crippen LogP contribution >= 0.6 is 5.69 Å². The zero-order valence-corrected chi connectivity index (χ0v) is 13.7. The largest absolute Gasteiger partial charge is 0.432 e. The molecule has 0 saturated heterocycles. The third-order valence-electron chi connectivity index (χ3n) is 2.67. The topological polar surface area (TPSA) is 83.8 Å². The summed E-state index contributed by atoms with van der Waals surface area (Å²) >= 11 is 4.40. The average Bonchev–Trinajstić information content (AvgIpc) is 2.36. The van der Waals surface area contributed by atoms with E-state index in [0.29, 0.717) is 0 Å². The first kappa shape index (κ1) is 17.3. The Hall–Kier alpha value is -0.720. The van der Waals surface area contributed by atoms with Gasteiger partial charge in [-0.25, -0.2) is 0 Å². The predicted octanol–water partition coefficient (Wildman–Crippen LogP) is 3.37. The van der Waals surface area contributed by atoms with Gasteiger partial charge in [0.25, 0.3) is 0 Å². The molecule has 0 fully saturated rings. The summed E-state index contributed by atoms with van der Waals surface area (Å²) in [6.07, 6.45) is 3.94. The van der Waals surface area contributed by atoms with Gasteiger partial charge < -0.3 is 9.42 Å². The van der Waals surface area contributed by atoms with Crippen LogP contribution in [0, 0.1) is 0 Å². The van der Waals surface area contributed by atoms with Gasteiger partial charge in [-0.1, -0.05) is 37.6 Å². The summed E-state index contributed by atoms with van der Waals surface area (Å²) in [5, 5.41) is 0. The average molecular weight is 336 g/mol. The standard InChI is InChI=1S/C12H17O5PS2/c1-3-10(4-2)9-11-5-7-12(8-6-11)17-18(13,19)20(14,15)16/h5-9H,3-4H2,1-2H3,(H,13,19)(H,14,15,16). The number of allylic oxidation sites excluding steroid dienone is 1. The molecular weight excluding hydrogens is 319 g/mol. The van der Waals surface area contributed by atoms with E-state index in [0.717, 1.165) is 18.4 Å². The lowest BCUT2D eigenvalue weighted by Crippen LogP contribution is -2.04. The van der Waals surface area contributed by atoms with Gasteiger partial charge in [0, 0.05) is 0 Å². The Morgan fingerprint density at radius 1 is 1.30 bits per heavy atom. The molecule has 8 heteroatoms. The molecule has 0 heterocycles. The van der Waals surface area contributed by atoms with Gasteiger partial charge in [0.2, 0.25) is 0 Å². The van der Waals surface area contributed by atoms with Crippen LogP contribution in [0.2, 0.25) is 0 Å². The lowest BCUT2D eigenvalue weighted by atomic mass is 10.1. The van der Waals surface area contributed by atoms with Crippen molar-refractivity contribution in [3.05, 3.63) is 35.4 Å². The summed E-state index contributed by atoms with van der Waals surface area (Å²) < 4.78 is 35.3. The summed E-state index contributed by atoms with van der Waals surface area (Å²) in [6, 6.07) is 6.44. The fourth-order valence-electron chi connectivity index (χ4n) is 1.50. The quantitative estimate of drug-likeness (QED) is 0.612. The molecule has 0 radical (unpaired) electrons. The summed E-state index contributed by atoms with van der Waals surface area (Å²) in [7, 11) is -4.79.